The molecule has 0 amide bonds. The van der Waals surface area contributed by atoms with Crippen LogP contribution in [0.1, 0.15) is 13.8 Å². The first kappa shape index (κ1) is 12.7. The van der Waals surface area contributed by atoms with E-state index in [9.17, 15) is 0 Å². The van der Waals surface area contributed by atoms with Crippen LogP contribution in [0.25, 0.3) is 0 Å². The van der Waals surface area contributed by atoms with E-state index in [0.29, 0.717) is 4.75 Å². The summed E-state index contributed by atoms with van der Waals surface area (Å²) in [4.78, 5) is 2.50. The van der Waals surface area contributed by atoms with Crippen LogP contribution in [0, 0.1) is 0 Å². The number of hydrogen-bond donors (Lipinski definition) is 1. The summed E-state index contributed by atoms with van der Waals surface area (Å²) in [7, 11) is 0. The van der Waals surface area contributed by atoms with E-state index in [1.54, 1.807) is 0 Å². The quantitative estimate of drug-likeness (QED) is 0.576. The van der Waals surface area contributed by atoms with Crippen molar-refractivity contribution in [1.29, 1.82) is 0 Å². The summed E-state index contributed by atoms with van der Waals surface area (Å²) >= 11 is 6.18. The van der Waals surface area contributed by atoms with Crippen molar-refractivity contribution in [3.63, 3.8) is 0 Å². The Kier molecular flexibility index (Phi) is 5.67. The van der Waals surface area contributed by atoms with Crippen molar-refractivity contribution in [2.75, 3.05) is 44.4 Å². The molecule has 84 valence electrons. The van der Waals surface area contributed by atoms with E-state index in [4.69, 9.17) is 4.74 Å². The van der Waals surface area contributed by atoms with E-state index in [0.717, 1.165) is 25.5 Å². The summed E-state index contributed by atoms with van der Waals surface area (Å²) in [5, 5.41) is 0. The second-order valence-electron chi connectivity index (χ2n) is 4.22. The zero-order chi connectivity index (χ0) is 10.4. The molecule has 2 nitrogen and oxygen atoms in total. The van der Waals surface area contributed by atoms with Crippen LogP contribution in [0.3, 0.4) is 0 Å². The van der Waals surface area contributed by atoms with E-state index >= 15 is 0 Å². The molecule has 0 spiro atoms. The monoisotopic (exact) mass is 235 g/mol. The van der Waals surface area contributed by atoms with E-state index in [1.165, 1.54) is 18.8 Å². The minimum Gasteiger partial charge on any atom is -0.379 e. The van der Waals surface area contributed by atoms with Gasteiger partial charge in [0.05, 0.1) is 13.2 Å². The highest BCUT2D eigenvalue weighted by Crippen LogP contribution is 2.29. The number of thiol groups is 1. The Morgan fingerprint density at radius 2 is 2.21 bits per heavy atom. The SMILES string of the molecule is CC1(C)CN(CCOCCS)CCS1. The third-order valence-corrected chi connectivity index (χ3v) is 3.77. The molecular formula is C10H21NOS2. The van der Waals surface area contributed by atoms with Gasteiger partial charge in [-0.1, -0.05) is 0 Å². The first-order chi connectivity index (χ1) is 6.64. The van der Waals surface area contributed by atoms with E-state index in [1.807, 2.05) is 0 Å². The van der Waals surface area contributed by atoms with Gasteiger partial charge in [-0.05, 0) is 13.8 Å². The Labute approximate surface area is 97.2 Å². The average molecular weight is 235 g/mol. The number of thioether (sulfide) groups is 1. The minimum atomic E-state index is 0.418. The summed E-state index contributed by atoms with van der Waals surface area (Å²) in [5.74, 6) is 2.07. The molecule has 0 atom stereocenters. The zero-order valence-corrected chi connectivity index (χ0v) is 10.9. The van der Waals surface area contributed by atoms with E-state index in [2.05, 4.69) is 43.1 Å². The third kappa shape index (κ3) is 4.91. The highest BCUT2D eigenvalue weighted by molar-refractivity contribution is 8.00. The molecule has 0 aromatic rings. The Bertz CT molecular complexity index is 164. The molecule has 1 aliphatic heterocycles. The van der Waals surface area contributed by atoms with Gasteiger partial charge in [-0.2, -0.15) is 24.4 Å². The van der Waals surface area contributed by atoms with Crippen LogP contribution >= 0.6 is 24.4 Å². The Balaban J connectivity index is 2.12. The molecule has 0 N–H and O–H groups in total. The number of nitrogens with zero attached hydrogens (tertiary/aromatic N) is 1. The molecule has 1 rings (SSSR count). The summed E-state index contributed by atoms with van der Waals surface area (Å²) in [5.41, 5.74) is 0. The Hall–Kier alpha value is 0.620. The van der Waals surface area contributed by atoms with Crippen LogP contribution in [0.5, 0.6) is 0 Å². The Morgan fingerprint density at radius 3 is 2.86 bits per heavy atom. The van der Waals surface area contributed by atoms with Gasteiger partial charge in [0.2, 0.25) is 0 Å². The molecule has 1 heterocycles. The lowest BCUT2D eigenvalue weighted by atomic mass is 10.2. The molecule has 0 unspecified atom stereocenters. The molecule has 0 bridgehead atoms. The third-order valence-electron chi connectivity index (χ3n) is 2.29. The highest BCUT2D eigenvalue weighted by atomic mass is 32.2. The predicted molar refractivity (Wildman–Crippen MR) is 67.6 cm³/mol. The van der Waals surface area contributed by atoms with Gasteiger partial charge in [-0.3, -0.25) is 4.90 Å². The van der Waals surface area contributed by atoms with Crippen molar-refractivity contribution < 1.29 is 4.74 Å². The van der Waals surface area contributed by atoms with Gasteiger partial charge in [-0.15, -0.1) is 0 Å². The van der Waals surface area contributed by atoms with Crippen molar-refractivity contribution in [2.45, 2.75) is 18.6 Å². The second kappa shape index (κ2) is 6.26. The zero-order valence-electron chi connectivity index (χ0n) is 9.16. The standard InChI is InChI=1S/C10H21NOS2/c1-10(2)9-11(4-8-14-10)3-5-12-6-7-13/h13H,3-9H2,1-2H3. The fourth-order valence-corrected chi connectivity index (χ4v) is 2.97. The van der Waals surface area contributed by atoms with Gasteiger partial charge in [0, 0.05) is 35.9 Å². The second-order valence-corrected chi connectivity index (χ2v) is 6.47. The van der Waals surface area contributed by atoms with Crippen LogP contribution in [0.4, 0.5) is 0 Å². The molecule has 0 radical (unpaired) electrons. The molecule has 4 heteroatoms. The van der Waals surface area contributed by atoms with Gasteiger partial charge in [0.25, 0.3) is 0 Å². The van der Waals surface area contributed by atoms with Gasteiger partial charge in [0.15, 0.2) is 0 Å². The van der Waals surface area contributed by atoms with Crippen molar-refractivity contribution in [1.82, 2.24) is 4.90 Å². The van der Waals surface area contributed by atoms with E-state index < -0.39 is 0 Å². The molecule has 0 saturated carbocycles. The summed E-state index contributed by atoms with van der Waals surface area (Å²) < 4.78 is 5.85. The fraction of sp³-hybridized carbons (Fsp3) is 1.00. The normalized spacial score (nSPS) is 22.5. The molecular weight excluding hydrogens is 214 g/mol. The van der Waals surface area contributed by atoms with Crippen LogP contribution in [-0.2, 0) is 4.74 Å². The summed E-state index contributed by atoms with van der Waals surface area (Å²) in [6.45, 7) is 9.71. The largest absolute Gasteiger partial charge is 0.379 e. The molecule has 1 fully saturated rings. The minimum absolute atomic E-state index is 0.418. The van der Waals surface area contributed by atoms with Crippen LogP contribution < -0.4 is 0 Å². The molecule has 0 aromatic heterocycles. The van der Waals surface area contributed by atoms with Gasteiger partial charge < -0.3 is 4.74 Å². The van der Waals surface area contributed by atoms with Gasteiger partial charge >= 0.3 is 0 Å². The number of ether oxygens (including phenoxy) is 1. The lowest BCUT2D eigenvalue weighted by molar-refractivity contribution is 0.113. The smallest absolute Gasteiger partial charge is 0.0593 e. The molecule has 14 heavy (non-hydrogen) atoms. The molecule has 1 saturated heterocycles. The fourth-order valence-electron chi connectivity index (χ4n) is 1.67. The first-order valence-electron chi connectivity index (χ1n) is 5.19. The number of rotatable bonds is 5. The van der Waals surface area contributed by atoms with Crippen LogP contribution in [-0.4, -0.2) is 54.0 Å². The van der Waals surface area contributed by atoms with Crippen LogP contribution in [0.15, 0.2) is 0 Å². The summed E-state index contributed by atoms with van der Waals surface area (Å²) in [6, 6.07) is 0. The predicted octanol–water partition coefficient (Wildman–Crippen LogP) is 1.76. The Morgan fingerprint density at radius 1 is 1.43 bits per heavy atom. The maximum Gasteiger partial charge on any atom is 0.0593 e. The molecule has 1 aliphatic rings. The topological polar surface area (TPSA) is 12.5 Å². The van der Waals surface area contributed by atoms with Crippen molar-refractivity contribution in [3.8, 4) is 0 Å². The van der Waals surface area contributed by atoms with E-state index in [-0.39, 0.29) is 0 Å². The maximum absolute atomic E-state index is 5.43. The average Bonchev–Trinajstić information content (AvgIpc) is 2.11. The molecule has 0 aromatic carbocycles. The van der Waals surface area contributed by atoms with Crippen molar-refractivity contribution >= 4 is 24.4 Å². The first-order valence-corrected chi connectivity index (χ1v) is 6.81. The maximum atomic E-state index is 5.43. The van der Waals surface area contributed by atoms with Gasteiger partial charge in [0.1, 0.15) is 0 Å². The highest BCUT2D eigenvalue weighted by Gasteiger charge is 2.26. The van der Waals surface area contributed by atoms with Gasteiger partial charge in [-0.25, -0.2) is 0 Å². The van der Waals surface area contributed by atoms with Crippen molar-refractivity contribution in [2.24, 2.45) is 0 Å². The van der Waals surface area contributed by atoms with Crippen molar-refractivity contribution in [3.05, 3.63) is 0 Å². The lowest BCUT2D eigenvalue weighted by Gasteiger charge is -2.37. The lowest BCUT2D eigenvalue weighted by Crippen LogP contribution is -2.44. The molecule has 0 aliphatic carbocycles. The summed E-state index contributed by atoms with van der Waals surface area (Å²) in [6.07, 6.45) is 0. The van der Waals surface area contributed by atoms with Crippen LogP contribution in [0.2, 0.25) is 0 Å². The number of hydrogen-bond acceptors (Lipinski definition) is 4.